The van der Waals surface area contributed by atoms with Gasteiger partial charge in [-0.25, -0.2) is 0 Å². The summed E-state index contributed by atoms with van der Waals surface area (Å²) in [6.07, 6.45) is 0.870. The van der Waals surface area contributed by atoms with E-state index in [0.717, 1.165) is 6.42 Å². The molecule has 0 aromatic heterocycles. The van der Waals surface area contributed by atoms with E-state index in [9.17, 15) is 4.79 Å². The number of nitrogens with one attached hydrogen (secondary N) is 1. The van der Waals surface area contributed by atoms with Crippen molar-refractivity contribution in [1.82, 2.24) is 0 Å². The minimum absolute atomic E-state index is 0.00809. The quantitative estimate of drug-likeness (QED) is 0.400. The summed E-state index contributed by atoms with van der Waals surface area (Å²) in [4.78, 5) is 11.4. The number of nitrogens with two attached hydrogens (primary N) is 1. The Kier molecular flexibility index (Phi) is 4.60. The topological polar surface area (TPSA) is 84.6 Å². The summed E-state index contributed by atoms with van der Waals surface area (Å²) in [7, 11) is 0. The van der Waals surface area contributed by atoms with Crippen LogP contribution in [0, 0.1) is 0 Å². The standard InChI is InChI=1S/C11H16N2O3/c1-2-5-16-7-11(15)13-10-4-3-8(14)6-9(10)12/h3-4,6,14H,2,5,7,12H2,1H3,(H,13,15). The molecule has 0 radical (unpaired) electrons. The van der Waals surface area contributed by atoms with Gasteiger partial charge in [-0.1, -0.05) is 6.92 Å². The van der Waals surface area contributed by atoms with Crippen LogP contribution in [0.5, 0.6) is 5.75 Å². The van der Waals surface area contributed by atoms with Gasteiger partial charge in [-0.15, -0.1) is 0 Å². The van der Waals surface area contributed by atoms with Gasteiger partial charge in [0.25, 0.3) is 0 Å². The van der Waals surface area contributed by atoms with E-state index >= 15 is 0 Å². The van der Waals surface area contributed by atoms with Gasteiger partial charge in [0.05, 0.1) is 11.4 Å². The summed E-state index contributed by atoms with van der Waals surface area (Å²) in [5.41, 5.74) is 6.41. The zero-order valence-electron chi connectivity index (χ0n) is 9.19. The molecule has 0 spiro atoms. The van der Waals surface area contributed by atoms with Gasteiger partial charge in [-0.2, -0.15) is 0 Å². The number of phenolic OH excluding ortho intramolecular Hbond substituents is 1. The number of carbonyl (C=O) groups is 1. The number of amides is 1. The monoisotopic (exact) mass is 224 g/mol. The summed E-state index contributed by atoms with van der Waals surface area (Å²) in [5, 5.41) is 11.7. The normalized spacial score (nSPS) is 10.1. The molecule has 0 saturated carbocycles. The highest BCUT2D eigenvalue weighted by molar-refractivity contribution is 5.94. The highest BCUT2D eigenvalue weighted by atomic mass is 16.5. The summed E-state index contributed by atoms with van der Waals surface area (Å²) < 4.78 is 5.08. The first-order chi connectivity index (χ1) is 7.63. The second-order valence-electron chi connectivity index (χ2n) is 3.37. The Hall–Kier alpha value is -1.75. The zero-order valence-corrected chi connectivity index (χ0v) is 9.19. The van der Waals surface area contributed by atoms with Crippen LogP contribution in [0.1, 0.15) is 13.3 Å². The predicted molar refractivity (Wildman–Crippen MR) is 62.3 cm³/mol. The Balaban J connectivity index is 2.49. The first-order valence-electron chi connectivity index (χ1n) is 5.09. The number of hydrogen-bond acceptors (Lipinski definition) is 4. The lowest BCUT2D eigenvalue weighted by Gasteiger charge is -2.08. The largest absolute Gasteiger partial charge is 0.508 e. The molecule has 16 heavy (non-hydrogen) atoms. The van der Waals surface area contributed by atoms with E-state index in [2.05, 4.69) is 5.32 Å². The molecule has 0 aliphatic carbocycles. The van der Waals surface area contributed by atoms with Crippen LogP contribution < -0.4 is 11.1 Å². The molecule has 0 aliphatic heterocycles. The number of aromatic hydroxyl groups is 1. The number of benzene rings is 1. The maximum Gasteiger partial charge on any atom is 0.250 e. The number of carbonyl (C=O) groups excluding carboxylic acids is 1. The molecule has 4 N–H and O–H groups in total. The highest BCUT2D eigenvalue weighted by Crippen LogP contribution is 2.22. The van der Waals surface area contributed by atoms with Crippen molar-refractivity contribution in [2.75, 3.05) is 24.3 Å². The van der Waals surface area contributed by atoms with E-state index in [0.29, 0.717) is 18.0 Å². The molecule has 5 heteroatoms. The third kappa shape index (κ3) is 3.78. The van der Waals surface area contributed by atoms with Crippen LogP contribution in [0.25, 0.3) is 0 Å². The number of nitrogen functional groups attached to an aromatic ring is 1. The lowest BCUT2D eigenvalue weighted by Crippen LogP contribution is -2.19. The van der Waals surface area contributed by atoms with Crippen molar-refractivity contribution in [3.8, 4) is 5.75 Å². The van der Waals surface area contributed by atoms with Crippen molar-refractivity contribution < 1.29 is 14.6 Å². The summed E-state index contributed by atoms with van der Waals surface area (Å²) >= 11 is 0. The number of hydrogen-bond donors (Lipinski definition) is 3. The lowest BCUT2D eigenvalue weighted by atomic mass is 10.2. The van der Waals surface area contributed by atoms with Gasteiger partial charge in [0.2, 0.25) is 5.91 Å². The molecule has 0 unspecified atom stereocenters. The van der Waals surface area contributed by atoms with Gasteiger partial charge in [0, 0.05) is 12.7 Å². The Morgan fingerprint density at radius 2 is 2.31 bits per heavy atom. The molecule has 0 heterocycles. The number of anilines is 2. The van der Waals surface area contributed by atoms with E-state index < -0.39 is 0 Å². The first-order valence-corrected chi connectivity index (χ1v) is 5.09. The first kappa shape index (κ1) is 12.3. The number of ether oxygens (including phenoxy) is 1. The van der Waals surface area contributed by atoms with Crippen LogP contribution in [-0.4, -0.2) is 24.2 Å². The van der Waals surface area contributed by atoms with Crippen molar-refractivity contribution in [2.24, 2.45) is 0 Å². The average Bonchev–Trinajstić information content (AvgIpc) is 2.23. The van der Waals surface area contributed by atoms with E-state index in [1.54, 1.807) is 6.07 Å². The van der Waals surface area contributed by atoms with Crippen molar-refractivity contribution in [1.29, 1.82) is 0 Å². The summed E-state index contributed by atoms with van der Waals surface area (Å²) in [5.74, 6) is -0.191. The minimum atomic E-state index is -0.258. The van der Waals surface area contributed by atoms with Crippen molar-refractivity contribution in [2.45, 2.75) is 13.3 Å². The number of rotatable bonds is 5. The fourth-order valence-electron chi connectivity index (χ4n) is 1.16. The maximum atomic E-state index is 11.4. The van der Waals surface area contributed by atoms with Crippen molar-refractivity contribution in [3.63, 3.8) is 0 Å². The minimum Gasteiger partial charge on any atom is -0.508 e. The molecule has 0 aliphatic rings. The summed E-state index contributed by atoms with van der Waals surface area (Å²) in [6.45, 7) is 2.53. The van der Waals surface area contributed by atoms with Gasteiger partial charge in [-0.3, -0.25) is 4.79 Å². The van der Waals surface area contributed by atoms with Crippen LogP contribution in [-0.2, 0) is 9.53 Å². The molecule has 0 saturated heterocycles. The molecule has 5 nitrogen and oxygen atoms in total. The van der Waals surface area contributed by atoms with Crippen LogP contribution >= 0.6 is 0 Å². The smallest absolute Gasteiger partial charge is 0.250 e. The van der Waals surface area contributed by atoms with Gasteiger partial charge in [0.15, 0.2) is 0 Å². The third-order valence-corrected chi connectivity index (χ3v) is 1.89. The molecular formula is C11H16N2O3. The fourth-order valence-corrected chi connectivity index (χ4v) is 1.16. The Bertz CT molecular complexity index is 366. The van der Waals surface area contributed by atoms with Crippen molar-refractivity contribution >= 4 is 17.3 Å². The average molecular weight is 224 g/mol. The predicted octanol–water partition coefficient (Wildman–Crippen LogP) is 1.34. The molecule has 0 fully saturated rings. The molecular weight excluding hydrogens is 208 g/mol. The molecule has 1 amide bonds. The van der Waals surface area contributed by atoms with E-state index in [1.807, 2.05) is 6.92 Å². The van der Waals surface area contributed by atoms with Gasteiger partial charge < -0.3 is 20.9 Å². The Labute approximate surface area is 94.2 Å². The maximum absolute atomic E-state index is 11.4. The van der Waals surface area contributed by atoms with Crippen LogP contribution in [0.15, 0.2) is 18.2 Å². The fraction of sp³-hybridized carbons (Fsp3) is 0.364. The van der Waals surface area contributed by atoms with E-state index in [1.165, 1.54) is 12.1 Å². The molecule has 1 rings (SSSR count). The third-order valence-electron chi connectivity index (χ3n) is 1.89. The van der Waals surface area contributed by atoms with Crippen LogP contribution in [0.3, 0.4) is 0 Å². The zero-order chi connectivity index (χ0) is 12.0. The second kappa shape index (κ2) is 5.97. The molecule has 88 valence electrons. The second-order valence-corrected chi connectivity index (χ2v) is 3.37. The van der Waals surface area contributed by atoms with Crippen LogP contribution in [0.4, 0.5) is 11.4 Å². The van der Waals surface area contributed by atoms with Crippen molar-refractivity contribution in [3.05, 3.63) is 18.2 Å². The SMILES string of the molecule is CCCOCC(=O)Nc1ccc(O)cc1N. The molecule has 0 atom stereocenters. The molecule has 1 aromatic carbocycles. The Morgan fingerprint density at radius 3 is 2.94 bits per heavy atom. The van der Waals surface area contributed by atoms with Gasteiger partial charge in [0.1, 0.15) is 12.4 Å². The van der Waals surface area contributed by atoms with Gasteiger partial charge >= 0.3 is 0 Å². The number of phenols is 1. The van der Waals surface area contributed by atoms with Gasteiger partial charge in [-0.05, 0) is 18.6 Å². The van der Waals surface area contributed by atoms with Crippen LogP contribution in [0.2, 0.25) is 0 Å². The molecule has 0 bridgehead atoms. The Morgan fingerprint density at radius 1 is 1.56 bits per heavy atom. The highest BCUT2D eigenvalue weighted by Gasteiger charge is 2.05. The lowest BCUT2D eigenvalue weighted by molar-refractivity contribution is -0.120. The summed E-state index contributed by atoms with van der Waals surface area (Å²) in [6, 6.07) is 4.38. The van der Waals surface area contributed by atoms with E-state index in [4.69, 9.17) is 15.6 Å². The van der Waals surface area contributed by atoms with E-state index in [-0.39, 0.29) is 18.3 Å². The molecule has 1 aromatic rings.